The molecule has 22 heavy (non-hydrogen) atoms. The van der Waals surface area contributed by atoms with E-state index in [1.165, 1.54) is 0 Å². The molecule has 0 saturated heterocycles. The summed E-state index contributed by atoms with van der Waals surface area (Å²) >= 11 is 5.98. The maximum absolute atomic E-state index is 5.98. The molecule has 0 atom stereocenters. The summed E-state index contributed by atoms with van der Waals surface area (Å²) in [5.74, 6) is 2.20. The van der Waals surface area contributed by atoms with Crippen LogP contribution in [0.1, 0.15) is 0 Å². The molecule has 0 radical (unpaired) electrons. The highest BCUT2D eigenvalue weighted by atomic mass is 35.5. The van der Waals surface area contributed by atoms with Gasteiger partial charge < -0.3 is 18.9 Å². The molecule has 0 amide bonds. The van der Waals surface area contributed by atoms with Crippen molar-refractivity contribution in [2.45, 2.75) is 0 Å². The molecule has 2 aromatic carbocycles. The molecule has 0 fully saturated rings. The van der Waals surface area contributed by atoms with Crippen LogP contribution in [0.5, 0.6) is 17.2 Å². The van der Waals surface area contributed by atoms with Gasteiger partial charge in [-0.25, -0.2) is 0 Å². The van der Waals surface area contributed by atoms with Gasteiger partial charge in [-0.3, -0.25) is 0 Å². The molecular weight excluding hydrogens is 304 g/mol. The monoisotopic (exact) mass is 322 g/mol. The molecule has 0 aliphatic carbocycles. The van der Waals surface area contributed by atoms with Crippen molar-refractivity contribution in [3.8, 4) is 17.2 Å². The van der Waals surface area contributed by atoms with E-state index in [1.807, 2.05) is 42.5 Å². The average Bonchev–Trinajstić information content (AvgIpc) is 2.56. The first-order valence-electron chi connectivity index (χ1n) is 7.01. The topological polar surface area (TPSA) is 36.9 Å². The fourth-order valence-electron chi connectivity index (χ4n) is 1.78. The van der Waals surface area contributed by atoms with E-state index in [0.717, 1.165) is 11.5 Å². The minimum atomic E-state index is 0.447. The Morgan fingerprint density at radius 2 is 1.55 bits per heavy atom. The fourth-order valence-corrected chi connectivity index (χ4v) is 1.97. The van der Waals surface area contributed by atoms with Gasteiger partial charge in [-0.05, 0) is 24.3 Å². The van der Waals surface area contributed by atoms with Gasteiger partial charge in [-0.1, -0.05) is 29.8 Å². The van der Waals surface area contributed by atoms with Gasteiger partial charge in [0.2, 0.25) is 0 Å². The number of methoxy groups -OCH3 is 1. The third-order valence-corrected chi connectivity index (χ3v) is 3.17. The van der Waals surface area contributed by atoms with Crippen LogP contribution in [0.25, 0.3) is 0 Å². The second-order valence-corrected chi connectivity index (χ2v) is 4.83. The number of halogens is 1. The Morgan fingerprint density at radius 1 is 0.818 bits per heavy atom. The molecule has 0 heterocycles. The lowest BCUT2D eigenvalue weighted by Gasteiger charge is -2.10. The summed E-state index contributed by atoms with van der Waals surface area (Å²) in [6.07, 6.45) is 0. The summed E-state index contributed by atoms with van der Waals surface area (Å²) in [5.41, 5.74) is 0. The van der Waals surface area contributed by atoms with Crippen molar-refractivity contribution in [3.05, 3.63) is 53.6 Å². The highest BCUT2D eigenvalue weighted by molar-refractivity contribution is 6.32. The van der Waals surface area contributed by atoms with Crippen LogP contribution in [-0.4, -0.2) is 33.5 Å². The van der Waals surface area contributed by atoms with E-state index in [9.17, 15) is 0 Å². The van der Waals surface area contributed by atoms with E-state index >= 15 is 0 Å². The summed E-state index contributed by atoms with van der Waals surface area (Å²) in [5, 5.41) is 0.601. The Kier molecular flexibility index (Phi) is 6.87. The molecule has 118 valence electrons. The lowest BCUT2D eigenvalue weighted by atomic mass is 10.3. The third kappa shape index (κ3) is 5.47. The summed E-state index contributed by atoms with van der Waals surface area (Å²) in [6, 6.07) is 14.8. The van der Waals surface area contributed by atoms with Gasteiger partial charge in [0, 0.05) is 6.07 Å². The van der Waals surface area contributed by atoms with Crippen LogP contribution < -0.4 is 14.2 Å². The zero-order chi connectivity index (χ0) is 15.6. The van der Waals surface area contributed by atoms with Gasteiger partial charge in [-0.2, -0.15) is 0 Å². The van der Waals surface area contributed by atoms with E-state index in [2.05, 4.69) is 0 Å². The molecule has 0 bridgehead atoms. The molecule has 0 aromatic heterocycles. The molecule has 0 N–H and O–H groups in total. The molecule has 2 aromatic rings. The van der Waals surface area contributed by atoms with E-state index in [4.69, 9.17) is 30.5 Å². The van der Waals surface area contributed by atoms with Gasteiger partial charge in [-0.15, -0.1) is 0 Å². The van der Waals surface area contributed by atoms with Crippen molar-refractivity contribution in [2.24, 2.45) is 0 Å². The van der Waals surface area contributed by atoms with E-state index < -0.39 is 0 Å². The van der Waals surface area contributed by atoms with Crippen molar-refractivity contribution < 1.29 is 18.9 Å². The van der Waals surface area contributed by atoms with E-state index in [-0.39, 0.29) is 0 Å². The van der Waals surface area contributed by atoms with E-state index in [1.54, 1.807) is 13.2 Å². The second-order valence-electron chi connectivity index (χ2n) is 4.42. The summed E-state index contributed by atoms with van der Waals surface area (Å²) < 4.78 is 21.7. The lowest BCUT2D eigenvalue weighted by Crippen LogP contribution is -2.12. The minimum Gasteiger partial charge on any atom is -0.497 e. The van der Waals surface area contributed by atoms with Crippen molar-refractivity contribution >= 4 is 11.6 Å². The van der Waals surface area contributed by atoms with Gasteiger partial charge in [0.05, 0.1) is 25.3 Å². The van der Waals surface area contributed by atoms with Gasteiger partial charge in [0.1, 0.15) is 30.5 Å². The zero-order valence-electron chi connectivity index (χ0n) is 12.5. The molecule has 2 rings (SSSR count). The van der Waals surface area contributed by atoms with Crippen LogP contribution in [0.4, 0.5) is 0 Å². The van der Waals surface area contributed by atoms with Crippen molar-refractivity contribution in [2.75, 3.05) is 33.5 Å². The Labute approximate surface area is 135 Å². The normalized spacial score (nSPS) is 10.3. The number of hydrogen-bond acceptors (Lipinski definition) is 4. The number of rotatable bonds is 9. The number of para-hydroxylation sites is 1. The van der Waals surface area contributed by atoms with Crippen LogP contribution in [0.15, 0.2) is 48.5 Å². The van der Waals surface area contributed by atoms with Crippen LogP contribution in [0.2, 0.25) is 5.02 Å². The average molecular weight is 323 g/mol. The largest absolute Gasteiger partial charge is 0.497 e. The van der Waals surface area contributed by atoms with Gasteiger partial charge in [0.15, 0.2) is 0 Å². The standard InChI is InChI=1S/C17H19ClO4/c1-19-14-5-4-6-15(13-14)21-11-9-20-10-12-22-17-8-3-2-7-16(17)18/h2-8,13H,9-12H2,1H3. The predicted octanol–water partition coefficient (Wildman–Crippen LogP) is 3.82. The van der Waals surface area contributed by atoms with Crippen molar-refractivity contribution in [1.29, 1.82) is 0 Å². The van der Waals surface area contributed by atoms with E-state index in [0.29, 0.717) is 37.2 Å². The van der Waals surface area contributed by atoms with Crippen molar-refractivity contribution in [3.63, 3.8) is 0 Å². The second kappa shape index (κ2) is 9.18. The molecular formula is C17H19ClO4. The predicted molar refractivity (Wildman–Crippen MR) is 86.3 cm³/mol. The molecule has 5 heteroatoms. The summed E-state index contributed by atoms with van der Waals surface area (Å²) in [6.45, 7) is 1.89. The Hall–Kier alpha value is -1.91. The first kappa shape index (κ1) is 16.5. The third-order valence-electron chi connectivity index (χ3n) is 2.86. The smallest absolute Gasteiger partial charge is 0.138 e. The maximum atomic E-state index is 5.98. The molecule has 4 nitrogen and oxygen atoms in total. The number of hydrogen-bond donors (Lipinski definition) is 0. The number of ether oxygens (including phenoxy) is 4. The molecule has 0 saturated carbocycles. The van der Waals surface area contributed by atoms with Crippen LogP contribution >= 0.6 is 11.6 Å². The first-order chi connectivity index (χ1) is 10.8. The minimum absolute atomic E-state index is 0.447. The summed E-state index contributed by atoms with van der Waals surface area (Å²) in [7, 11) is 1.63. The Balaban J connectivity index is 1.57. The van der Waals surface area contributed by atoms with Crippen LogP contribution in [-0.2, 0) is 4.74 Å². The quantitative estimate of drug-likeness (QED) is 0.658. The van der Waals surface area contributed by atoms with Crippen LogP contribution in [0, 0.1) is 0 Å². The highest BCUT2D eigenvalue weighted by Gasteiger charge is 2.00. The molecule has 0 aliphatic rings. The first-order valence-corrected chi connectivity index (χ1v) is 7.39. The van der Waals surface area contributed by atoms with Crippen LogP contribution in [0.3, 0.4) is 0 Å². The summed E-state index contributed by atoms with van der Waals surface area (Å²) in [4.78, 5) is 0. The highest BCUT2D eigenvalue weighted by Crippen LogP contribution is 2.22. The SMILES string of the molecule is COc1cccc(OCCOCCOc2ccccc2Cl)c1. The molecule has 0 aliphatic heterocycles. The zero-order valence-corrected chi connectivity index (χ0v) is 13.2. The number of benzene rings is 2. The van der Waals surface area contributed by atoms with Crippen molar-refractivity contribution in [1.82, 2.24) is 0 Å². The maximum Gasteiger partial charge on any atom is 0.138 e. The molecule has 0 unspecified atom stereocenters. The fraction of sp³-hybridized carbons (Fsp3) is 0.294. The Morgan fingerprint density at radius 3 is 2.32 bits per heavy atom. The molecule has 0 spiro atoms. The Bertz CT molecular complexity index is 574. The lowest BCUT2D eigenvalue weighted by molar-refractivity contribution is 0.0764. The van der Waals surface area contributed by atoms with Gasteiger partial charge >= 0.3 is 0 Å². The van der Waals surface area contributed by atoms with Gasteiger partial charge in [0.25, 0.3) is 0 Å².